The molecule has 0 unspecified atom stereocenters. The Hall–Kier alpha value is -0.770. The Labute approximate surface area is 97.5 Å². The van der Waals surface area contributed by atoms with Crippen LogP contribution in [0.4, 0.5) is 4.39 Å². The molecule has 2 nitrogen and oxygen atoms in total. The first kappa shape index (κ1) is 12.3. The van der Waals surface area contributed by atoms with Gasteiger partial charge in [0.25, 0.3) is 0 Å². The first-order chi connectivity index (χ1) is 7.04. The predicted octanol–water partition coefficient (Wildman–Crippen LogP) is 3.63. The maximum absolute atomic E-state index is 13.2. The lowest BCUT2D eigenvalue weighted by atomic mass is 10.2. The Morgan fingerprint density at radius 2 is 2.00 bits per heavy atom. The van der Waals surface area contributed by atoms with Crippen LogP contribution in [0, 0.1) is 11.7 Å². The topological polar surface area (TPSA) is 18.5 Å². The summed E-state index contributed by atoms with van der Waals surface area (Å²) in [6, 6.07) is 2.89. The number of benzene rings is 1. The lowest BCUT2D eigenvalue weighted by Crippen LogP contribution is -2.05. The molecule has 0 radical (unpaired) electrons. The van der Waals surface area contributed by atoms with Gasteiger partial charge in [0.05, 0.1) is 18.2 Å². The van der Waals surface area contributed by atoms with Gasteiger partial charge < -0.3 is 9.47 Å². The molecule has 1 rings (SSSR count). The molecule has 1 aromatic carbocycles. The molecule has 0 amide bonds. The third-order valence-electron chi connectivity index (χ3n) is 1.78. The third kappa shape index (κ3) is 3.38. The van der Waals surface area contributed by atoms with Gasteiger partial charge in [0.1, 0.15) is 5.82 Å². The highest BCUT2D eigenvalue weighted by molar-refractivity contribution is 9.10. The number of hydrogen-bond acceptors (Lipinski definition) is 2. The molecule has 15 heavy (non-hydrogen) atoms. The van der Waals surface area contributed by atoms with E-state index < -0.39 is 0 Å². The first-order valence-corrected chi connectivity index (χ1v) is 5.49. The van der Waals surface area contributed by atoms with Gasteiger partial charge in [0.2, 0.25) is 0 Å². The van der Waals surface area contributed by atoms with Gasteiger partial charge in [0, 0.05) is 12.1 Å². The molecule has 0 spiro atoms. The van der Waals surface area contributed by atoms with Crippen molar-refractivity contribution in [1.29, 1.82) is 0 Å². The molecule has 1 aromatic rings. The molecule has 4 heteroatoms. The maximum Gasteiger partial charge on any atom is 0.163 e. The Morgan fingerprint density at radius 3 is 2.53 bits per heavy atom. The molecule has 84 valence electrons. The van der Waals surface area contributed by atoms with Crippen LogP contribution in [0.15, 0.2) is 16.6 Å². The van der Waals surface area contributed by atoms with Gasteiger partial charge >= 0.3 is 0 Å². The van der Waals surface area contributed by atoms with Crippen LogP contribution in [0.5, 0.6) is 11.5 Å². The van der Waals surface area contributed by atoms with Gasteiger partial charge in [-0.15, -0.1) is 0 Å². The van der Waals surface area contributed by atoms with E-state index >= 15 is 0 Å². The second-order valence-electron chi connectivity index (χ2n) is 3.62. The Balaban J connectivity index is 2.89. The number of halogens is 2. The fraction of sp³-hybridized carbons (Fsp3) is 0.455. The molecule has 0 N–H and O–H groups in total. The van der Waals surface area contributed by atoms with Gasteiger partial charge in [-0.25, -0.2) is 4.39 Å². The zero-order valence-corrected chi connectivity index (χ0v) is 10.6. The van der Waals surface area contributed by atoms with Crippen LogP contribution in [0.2, 0.25) is 0 Å². The van der Waals surface area contributed by atoms with Crippen molar-refractivity contribution in [1.82, 2.24) is 0 Å². The maximum atomic E-state index is 13.2. The fourth-order valence-corrected chi connectivity index (χ4v) is 1.36. The van der Waals surface area contributed by atoms with Crippen molar-refractivity contribution in [3.8, 4) is 11.5 Å². The van der Waals surface area contributed by atoms with Gasteiger partial charge in [0.15, 0.2) is 11.5 Å². The zero-order chi connectivity index (χ0) is 11.4. The van der Waals surface area contributed by atoms with Gasteiger partial charge in [-0.1, -0.05) is 13.8 Å². The summed E-state index contributed by atoms with van der Waals surface area (Å²) in [6.45, 7) is 4.67. The molecule has 0 aliphatic heterocycles. The minimum absolute atomic E-state index is 0.358. The lowest BCUT2D eigenvalue weighted by Gasteiger charge is -2.12. The monoisotopic (exact) mass is 276 g/mol. The van der Waals surface area contributed by atoms with Crippen LogP contribution in [0.3, 0.4) is 0 Å². The van der Waals surface area contributed by atoms with Crippen LogP contribution in [-0.4, -0.2) is 13.7 Å². The van der Waals surface area contributed by atoms with Crippen molar-refractivity contribution >= 4 is 15.9 Å². The number of methoxy groups -OCH3 is 1. The molecule has 0 aromatic heterocycles. The summed E-state index contributed by atoms with van der Waals surface area (Å²) < 4.78 is 24.1. The van der Waals surface area contributed by atoms with E-state index in [2.05, 4.69) is 15.9 Å². The minimum Gasteiger partial charge on any atom is -0.493 e. The summed E-state index contributed by atoms with van der Waals surface area (Å²) in [5.41, 5.74) is 0. The van der Waals surface area contributed by atoms with E-state index in [4.69, 9.17) is 9.47 Å². The van der Waals surface area contributed by atoms with Crippen LogP contribution < -0.4 is 9.47 Å². The quantitative estimate of drug-likeness (QED) is 0.836. The highest BCUT2D eigenvalue weighted by atomic mass is 79.9. The Bertz CT molecular complexity index is 340. The largest absolute Gasteiger partial charge is 0.493 e. The van der Waals surface area contributed by atoms with E-state index in [1.54, 1.807) is 6.07 Å². The summed E-state index contributed by atoms with van der Waals surface area (Å²) in [5, 5.41) is 0. The molecule has 0 saturated heterocycles. The summed E-state index contributed by atoms with van der Waals surface area (Å²) in [5.74, 6) is 1.03. The van der Waals surface area contributed by atoms with E-state index in [0.29, 0.717) is 28.5 Å². The molecule has 0 aliphatic carbocycles. The summed E-state index contributed by atoms with van der Waals surface area (Å²) in [6.07, 6.45) is 0. The minimum atomic E-state index is -0.358. The summed E-state index contributed by atoms with van der Waals surface area (Å²) in [4.78, 5) is 0. The van der Waals surface area contributed by atoms with E-state index in [0.717, 1.165) is 0 Å². The molecular formula is C11H14BrFO2. The molecule has 0 saturated carbocycles. The van der Waals surface area contributed by atoms with Gasteiger partial charge in [-0.05, 0) is 21.8 Å². The van der Waals surface area contributed by atoms with Gasteiger partial charge in [-0.2, -0.15) is 0 Å². The molecular weight excluding hydrogens is 263 g/mol. The molecule has 0 fully saturated rings. The van der Waals surface area contributed by atoms with Crippen molar-refractivity contribution in [2.45, 2.75) is 13.8 Å². The molecule has 0 aliphatic rings. The Kier molecular flexibility index (Phi) is 4.39. The number of ether oxygens (including phenoxy) is 2. The smallest absolute Gasteiger partial charge is 0.163 e. The number of hydrogen-bond donors (Lipinski definition) is 0. The van der Waals surface area contributed by atoms with Crippen LogP contribution in [0.25, 0.3) is 0 Å². The van der Waals surface area contributed by atoms with E-state index in [1.165, 1.54) is 13.2 Å². The van der Waals surface area contributed by atoms with Crippen molar-refractivity contribution in [3.05, 3.63) is 22.4 Å². The summed E-state index contributed by atoms with van der Waals surface area (Å²) >= 11 is 3.11. The van der Waals surface area contributed by atoms with E-state index in [9.17, 15) is 4.39 Å². The fourth-order valence-electron chi connectivity index (χ4n) is 1.04. The SMILES string of the molecule is COc1cc(F)c(Br)cc1OCC(C)C. The number of rotatable bonds is 4. The standard InChI is InChI=1S/C11H14BrFO2/c1-7(2)6-15-11-4-8(12)9(13)5-10(11)14-3/h4-5,7H,6H2,1-3H3. The van der Waals surface area contributed by atoms with Gasteiger partial charge in [-0.3, -0.25) is 0 Å². The van der Waals surface area contributed by atoms with Crippen LogP contribution in [-0.2, 0) is 0 Å². The highest BCUT2D eigenvalue weighted by Gasteiger charge is 2.10. The third-order valence-corrected chi connectivity index (χ3v) is 2.39. The van der Waals surface area contributed by atoms with Crippen LogP contribution >= 0.6 is 15.9 Å². The van der Waals surface area contributed by atoms with E-state index in [1.807, 2.05) is 13.8 Å². The average molecular weight is 277 g/mol. The first-order valence-electron chi connectivity index (χ1n) is 4.70. The van der Waals surface area contributed by atoms with Crippen molar-refractivity contribution in [2.24, 2.45) is 5.92 Å². The van der Waals surface area contributed by atoms with Crippen LogP contribution in [0.1, 0.15) is 13.8 Å². The zero-order valence-electron chi connectivity index (χ0n) is 9.01. The van der Waals surface area contributed by atoms with E-state index in [-0.39, 0.29) is 5.82 Å². The molecule has 0 bridgehead atoms. The lowest BCUT2D eigenvalue weighted by molar-refractivity contribution is 0.256. The molecule has 0 heterocycles. The molecule has 0 atom stereocenters. The normalized spacial score (nSPS) is 10.5. The second-order valence-corrected chi connectivity index (χ2v) is 4.48. The van der Waals surface area contributed by atoms with Crippen molar-refractivity contribution in [2.75, 3.05) is 13.7 Å². The van der Waals surface area contributed by atoms with Crippen molar-refractivity contribution in [3.63, 3.8) is 0 Å². The highest BCUT2D eigenvalue weighted by Crippen LogP contribution is 2.32. The predicted molar refractivity (Wildman–Crippen MR) is 61.0 cm³/mol. The Morgan fingerprint density at radius 1 is 1.33 bits per heavy atom. The second kappa shape index (κ2) is 5.35. The average Bonchev–Trinajstić information content (AvgIpc) is 2.19. The van der Waals surface area contributed by atoms with Crippen molar-refractivity contribution < 1.29 is 13.9 Å². The summed E-state index contributed by atoms with van der Waals surface area (Å²) in [7, 11) is 1.49.